The summed E-state index contributed by atoms with van der Waals surface area (Å²) in [5, 5.41) is 94.0. The third-order valence-corrected chi connectivity index (χ3v) is 17.7. The molecule has 63 heavy (non-hydrogen) atoms. The number of ether oxygens (including phenoxy) is 8. The first-order valence-corrected chi connectivity index (χ1v) is 23.4. The maximum Gasteiger partial charge on any atom is 0.186 e. The van der Waals surface area contributed by atoms with E-state index in [9.17, 15) is 50.8 Å². The normalized spacial score (nSPS) is 55.1. The van der Waals surface area contributed by atoms with Crippen LogP contribution in [0.4, 0.5) is 0 Å². The number of ketones is 1. The molecule has 8 aliphatic rings. The Morgan fingerprint density at radius 2 is 1.52 bits per heavy atom. The van der Waals surface area contributed by atoms with E-state index in [0.717, 1.165) is 25.7 Å². The minimum absolute atomic E-state index is 0.0106. The Morgan fingerprint density at radius 1 is 0.794 bits per heavy atom. The van der Waals surface area contributed by atoms with Crippen LogP contribution in [0.1, 0.15) is 92.4 Å². The lowest BCUT2D eigenvalue weighted by atomic mass is 9.43. The van der Waals surface area contributed by atoms with E-state index in [1.807, 2.05) is 6.92 Å². The molecule has 18 nitrogen and oxygen atoms in total. The van der Waals surface area contributed by atoms with Crippen LogP contribution in [0.25, 0.3) is 0 Å². The van der Waals surface area contributed by atoms with Gasteiger partial charge < -0.3 is 83.9 Å². The standard InChI is InChI=1S/C45H74O18/c1-19(17-57-40-37(54)35(52)34(51)30(16-46)61-40)7-12-45(56-6)20(2)31-29(63-45)15-25-23-14-28(26-13-22(47)8-10-43(26,4)24(23)9-11-44(25,31)5)60-42-38(55)39(32(49)21(3)59-42)62-41-36(53)33(50)27(48)18-58-41/h19-21,23-42,46,48-55H,7-18H2,1-6H3/t19-,20-,21+,23+,24-,25-,26+,27+,28-,29-,30+,31-,32+,33-,34+,35-,36+,37+,38+,39-,40+,41-,42-,43+,44-,45+/m0/s1. The molecule has 8 rings (SSSR count). The number of aliphatic hydroxyl groups is 9. The monoisotopic (exact) mass is 902 g/mol. The number of fused-ring (bicyclic) bond motifs is 7. The van der Waals surface area contributed by atoms with Gasteiger partial charge in [0.1, 0.15) is 66.8 Å². The number of carbonyl (C=O) groups excluding carboxylic acids is 1. The molecule has 4 heterocycles. The van der Waals surface area contributed by atoms with Gasteiger partial charge in [0, 0.05) is 32.3 Å². The van der Waals surface area contributed by atoms with E-state index in [4.69, 9.17) is 37.9 Å². The minimum Gasteiger partial charge on any atom is -0.394 e. The minimum atomic E-state index is -1.63. The highest BCUT2D eigenvalue weighted by atomic mass is 16.7. The van der Waals surface area contributed by atoms with Gasteiger partial charge in [-0.15, -0.1) is 0 Å². The molecule has 9 N–H and O–H groups in total. The number of hydrogen-bond donors (Lipinski definition) is 9. The number of rotatable bonds is 12. The van der Waals surface area contributed by atoms with Crippen molar-refractivity contribution in [1.82, 2.24) is 0 Å². The third kappa shape index (κ3) is 8.40. The molecule has 18 heteroatoms. The van der Waals surface area contributed by atoms with Gasteiger partial charge in [0.25, 0.3) is 0 Å². The Hall–Kier alpha value is -1.01. The highest BCUT2D eigenvalue weighted by molar-refractivity contribution is 5.79. The Balaban J connectivity index is 0.955. The molecule has 0 radical (unpaired) electrons. The van der Waals surface area contributed by atoms with Crippen LogP contribution in [0.5, 0.6) is 0 Å². The summed E-state index contributed by atoms with van der Waals surface area (Å²) < 4.78 is 49.1. The van der Waals surface area contributed by atoms with Gasteiger partial charge in [0.05, 0.1) is 38.1 Å². The van der Waals surface area contributed by atoms with E-state index in [0.29, 0.717) is 38.0 Å². The zero-order chi connectivity index (χ0) is 45.5. The summed E-state index contributed by atoms with van der Waals surface area (Å²) in [6, 6.07) is 0. The van der Waals surface area contributed by atoms with Crippen molar-refractivity contribution in [2.75, 3.05) is 26.9 Å². The Kier molecular flexibility index (Phi) is 14.2. The van der Waals surface area contributed by atoms with Crippen LogP contribution in [-0.2, 0) is 42.7 Å². The molecule has 0 spiro atoms. The van der Waals surface area contributed by atoms with Crippen molar-refractivity contribution in [3.63, 3.8) is 0 Å². The molecule has 4 saturated heterocycles. The van der Waals surface area contributed by atoms with Gasteiger partial charge >= 0.3 is 0 Å². The van der Waals surface area contributed by atoms with Gasteiger partial charge in [0.15, 0.2) is 24.7 Å². The largest absolute Gasteiger partial charge is 0.394 e. The quantitative estimate of drug-likeness (QED) is 0.114. The van der Waals surface area contributed by atoms with E-state index in [2.05, 4.69) is 20.8 Å². The summed E-state index contributed by atoms with van der Waals surface area (Å²) in [7, 11) is 1.70. The average molecular weight is 903 g/mol. The van der Waals surface area contributed by atoms with Crippen LogP contribution in [0.15, 0.2) is 0 Å². The van der Waals surface area contributed by atoms with Crippen LogP contribution in [0.2, 0.25) is 0 Å². The molecule has 4 aliphatic heterocycles. The second kappa shape index (κ2) is 18.5. The summed E-state index contributed by atoms with van der Waals surface area (Å²) in [4.78, 5) is 13.2. The van der Waals surface area contributed by atoms with Crippen LogP contribution < -0.4 is 0 Å². The maximum absolute atomic E-state index is 13.2. The molecular formula is C45H74O18. The average Bonchev–Trinajstić information content (AvgIpc) is 3.72. The second-order valence-electron chi connectivity index (χ2n) is 21.1. The van der Waals surface area contributed by atoms with Crippen LogP contribution in [0.3, 0.4) is 0 Å². The van der Waals surface area contributed by atoms with Gasteiger partial charge in [-0.2, -0.15) is 0 Å². The van der Waals surface area contributed by atoms with Crippen LogP contribution >= 0.6 is 0 Å². The third-order valence-electron chi connectivity index (χ3n) is 17.7. The first kappa shape index (κ1) is 48.4. The van der Waals surface area contributed by atoms with E-state index in [-0.39, 0.29) is 71.4 Å². The fourth-order valence-electron chi connectivity index (χ4n) is 14.0. The number of carbonyl (C=O) groups is 1. The molecule has 26 atom stereocenters. The van der Waals surface area contributed by atoms with Crippen molar-refractivity contribution in [3.8, 4) is 0 Å². The lowest BCUT2D eigenvalue weighted by Gasteiger charge is -2.62. The lowest BCUT2D eigenvalue weighted by Crippen LogP contribution is -2.64. The Morgan fingerprint density at radius 3 is 2.24 bits per heavy atom. The van der Waals surface area contributed by atoms with E-state index < -0.39 is 105 Å². The lowest BCUT2D eigenvalue weighted by molar-refractivity contribution is -0.356. The SMILES string of the molecule is CO[C@]1(CC[C@H](C)CO[C@@H]2O[C@H](CO)[C@@H](O)[C@H](O)[C@H]2O)O[C@H]2C[C@H]3[C@@H]4C[C@H](O[C@@H]5O[C@H](C)[C@@H](O)[C@H](O[C@@H]6OC[C@@H](O)[C@H](O)[C@H]6O)[C@H]5O)[C@H]5CC(=O)CC[C@]5(C)[C@H]4CC[C@]3(C)[C@H]2[C@@H]1C. The zero-order valence-corrected chi connectivity index (χ0v) is 37.5. The molecule has 4 saturated carbocycles. The van der Waals surface area contributed by atoms with Crippen LogP contribution in [0, 0.1) is 52.3 Å². The summed E-state index contributed by atoms with van der Waals surface area (Å²) >= 11 is 0. The second-order valence-corrected chi connectivity index (χ2v) is 21.1. The summed E-state index contributed by atoms with van der Waals surface area (Å²) in [6.45, 7) is 9.96. The van der Waals surface area contributed by atoms with E-state index in [1.54, 1.807) is 14.0 Å². The molecule has 0 aromatic rings. The maximum atomic E-state index is 13.2. The number of Topliss-reactive ketones (excluding diaryl/α,β-unsaturated/α-hetero) is 1. The van der Waals surface area contributed by atoms with Crippen molar-refractivity contribution in [2.45, 2.75) is 196 Å². The fourth-order valence-corrected chi connectivity index (χ4v) is 14.0. The molecular weight excluding hydrogens is 828 g/mol. The number of hydrogen-bond acceptors (Lipinski definition) is 18. The number of methoxy groups -OCH3 is 1. The molecule has 0 bridgehead atoms. The molecule has 0 aromatic heterocycles. The summed E-state index contributed by atoms with van der Waals surface area (Å²) in [5.41, 5.74) is -0.298. The fraction of sp³-hybridized carbons (Fsp3) is 0.978. The smallest absolute Gasteiger partial charge is 0.186 e. The molecule has 0 amide bonds. The highest BCUT2D eigenvalue weighted by Gasteiger charge is 2.70. The van der Waals surface area contributed by atoms with Crippen molar-refractivity contribution < 1.29 is 88.6 Å². The van der Waals surface area contributed by atoms with E-state index in [1.165, 1.54) is 0 Å². The van der Waals surface area contributed by atoms with Crippen molar-refractivity contribution in [3.05, 3.63) is 0 Å². The number of aliphatic hydroxyl groups excluding tert-OH is 9. The van der Waals surface area contributed by atoms with E-state index >= 15 is 0 Å². The predicted octanol–water partition coefficient (Wildman–Crippen LogP) is -0.279. The van der Waals surface area contributed by atoms with Gasteiger partial charge in [-0.05, 0) is 91.8 Å². The summed E-state index contributed by atoms with van der Waals surface area (Å²) in [5.74, 6) is 0.356. The van der Waals surface area contributed by atoms with Crippen molar-refractivity contribution in [1.29, 1.82) is 0 Å². The predicted molar refractivity (Wildman–Crippen MR) is 217 cm³/mol. The molecule has 0 unspecified atom stereocenters. The first-order chi connectivity index (χ1) is 29.8. The van der Waals surface area contributed by atoms with Crippen molar-refractivity contribution >= 4 is 5.78 Å². The van der Waals surface area contributed by atoms with Crippen molar-refractivity contribution in [2.24, 2.45) is 52.3 Å². The molecule has 0 aromatic carbocycles. The molecule has 4 aliphatic carbocycles. The molecule has 8 fully saturated rings. The van der Waals surface area contributed by atoms with Crippen LogP contribution in [-0.4, -0.2) is 183 Å². The summed E-state index contributed by atoms with van der Waals surface area (Å²) in [6.07, 6.45) is -13.0. The van der Waals surface area contributed by atoms with Gasteiger partial charge in [0.2, 0.25) is 0 Å². The van der Waals surface area contributed by atoms with Gasteiger partial charge in [-0.1, -0.05) is 27.7 Å². The Bertz CT molecular complexity index is 1590. The topological polar surface area (TPSA) is 273 Å². The highest BCUT2D eigenvalue weighted by Crippen LogP contribution is 2.71. The Labute approximate surface area is 369 Å². The first-order valence-electron chi connectivity index (χ1n) is 23.4. The van der Waals surface area contributed by atoms with Gasteiger partial charge in [-0.3, -0.25) is 4.79 Å². The zero-order valence-electron chi connectivity index (χ0n) is 37.5. The van der Waals surface area contributed by atoms with Gasteiger partial charge in [-0.25, -0.2) is 0 Å². The molecule has 362 valence electrons.